The Morgan fingerprint density at radius 2 is 2.14 bits per heavy atom. The number of aliphatic hydroxyl groups is 2. The van der Waals surface area contributed by atoms with E-state index in [1.54, 1.807) is 0 Å². The predicted octanol–water partition coefficient (Wildman–Crippen LogP) is 2.47. The number of aliphatic hydroxyl groups excluding tert-OH is 2. The van der Waals surface area contributed by atoms with Crippen LogP contribution in [-0.4, -0.2) is 53.6 Å². The van der Waals surface area contributed by atoms with E-state index in [1.807, 2.05) is 19.9 Å². The molecule has 1 aliphatic rings. The molecule has 0 aromatic heterocycles. The first-order valence-corrected chi connectivity index (χ1v) is 8.06. The van der Waals surface area contributed by atoms with E-state index in [2.05, 4.69) is 11.5 Å². The van der Waals surface area contributed by atoms with Gasteiger partial charge >= 0.3 is 0 Å². The highest BCUT2D eigenvalue weighted by atomic mass is 16.5. The van der Waals surface area contributed by atoms with Crippen LogP contribution in [0.2, 0.25) is 0 Å². The zero-order valence-electron chi connectivity index (χ0n) is 13.6. The average molecular weight is 297 g/mol. The van der Waals surface area contributed by atoms with Gasteiger partial charge in [0.2, 0.25) is 0 Å². The molecule has 0 radical (unpaired) electrons. The van der Waals surface area contributed by atoms with E-state index in [0.29, 0.717) is 6.42 Å². The molecule has 0 aromatic carbocycles. The normalized spacial score (nSPS) is 24.1. The summed E-state index contributed by atoms with van der Waals surface area (Å²) in [5, 5.41) is 19.0. The fraction of sp³-hybridized carbons (Fsp3) is 0.765. The van der Waals surface area contributed by atoms with Gasteiger partial charge < -0.3 is 14.9 Å². The lowest BCUT2D eigenvalue weighted by Gasteiger charge is -2.36. The second-order valence-electron chi connectivity index (χ2n) is 5.89. The summed E-state index contributed by atoms with van der Waals surface area (Å²) in [6.45, 7) is 10.6. The molecule has 4 heteroatoms. The molecular formula is C17H31NO3. The SMILES string of the molecule is C=C(C)/C(=C/C)OCCCCCN1CCC(O)CC1CO. The lowest BCUT2D eigenvalue weighted by molar-refractivity contribution is 0.0162. The third kappa shape index (κ3) is 6.64. The monoisotopic (exact) mass is 297 g/mol. The van der Waals surface area contributed by atoms with Crippen LogP contribution in [0.1, 0.15) is 46.0 Å². The van der Waals surface area contributed by atoms with Crippen molar-refractivity contribution in [3.63, 3.8) is 0 Å². The largest absolute Gasteiger partial charge is 0.494 e. The van der Waals surface area contributed by atoms with Crippen molar-refractivity contribution in [2.45, 2.75) is 58.1 Å². The van der Waals surface area contributed by atoms with E-state index in [1.165, 1.54) is 0 Å². The number of rotatable bonds is 9. The Labute approximate surface area is 129 Å². The summed E-state index contributed by atoms with van der Waals surface area (Å²) in [7, 11) is 0. The van der Waals surface area contributed by atoms with Crippen LogP contribution < -0.4 is 0 Å². The molecule has 0 amide bonds. The average Bonchev–Trinajstić information content (AvgIpc) is 2.47. The maximum absolute atomic E-state index is 9.62. The Kier molecular flexibility index (Phi) is 8.66. The molecule has 122 valence electrons. The standard InChI is InChI=1S/C17H31NO3/c1-4-17(14(2)3)21-11-7-5-6-9-18-10-8-16(20)12-15(18)13-19/h4,15-16,19-20H,2,5-13H2,1,3H3/b17-4-. The molecule has 0 aromatic rings. The van der Waals surface area contributed by atoms with Crippen LogP contribution in [-0.2, 0) is 4.74 Å². The number of hydrogen-bond donors (Lipinski definition) is 2. The molecule has 2 unspecified atom stereocenters. The fourth-order valence-electron chi connectivity index (χ4n) is 2.79. The van der Waals surface area contributed by atoms with Gasteiger partial charge in [-0.1, -0.05) is 6.58 Å². The van der Waals surface area contributed by atoms with Crippen molar-refractivity contribution in [3.05, 3.63) is 24.0 Å². The highest BCUT2D eigenvalue weighted by Gasteiger charge is 2.25. The van der Waals surface area contributed by atoms with Crippen LogP contribution >= 0.6 is 0 Å². The van der Waals surface area contributed by atoms with E-state index < -0.39 is 0 Å². The minimum Gasteiger partial charge on any atom is -0.494 e. The molecule has 1 fully saturated rings. The van der Waals surface area contributed by atoms with Crippen LogP contribution in [0.25, 0.3) is 0 Å². The third-order valence-corrected chi connectivity index (χ3v) is 4.05. The summed E-state index contributed by atoms with van der Waals surface area (Å²) < 4.78 is 5.68. The van der Waals surface area contributed by atoms with Gasteiger partial charge in [0.05, 0.1) is 19.3 Å². The number of piperidine rings is 1. The van der Waals surface area contributed by atoms with Crippen molar-refractivity contribution in [1.29, 1.82) is 0 Å². The van der Waals surface area contributed by atoms with Crippen LogP contribution in [0.4, 0.5) is 0 Å². The first-order chi connectivity index (χ1) is 10.1. The lowest BCUT2D eigenvalue weighted by atomic mass is 9.99. The molecule has 21 heavy (non-hydrogen) atoms. The topological polar surface area (TPSA) is 52.9 Å². The molecule has 0 aliphatic carbocycles. The summed E-state index contributed by atoms with van der Waals surface area (Å²) in [4.78, 5) is 2.30. The number of nitrogens with zero attached hydrogens (tertiary/aromatic N) is 1. The van der Waals surface area contributed by atoms with Gasteiger partial charge in [-0.3, -0.25) is 4.90 Å². The van der Waals surface area contributed by atoms with Gasteiger partial charge in [-0.15, -0.1) is 0 Å². The molecule has 2 atom stereocenters. The van der Waals surface area contributed by atoms with Crippen molar-refractivity contribution < 1.29 is 14.9 Å². The van der Waals surface area contributed by atoms with E-state index >= 15 is 0 Å². The van der Waals surface area contributed by atoms with Crippen LogP contribution in [0.5, 0.6) is 0 Å². The second-order valence-corrected chi connectivity index (χ2v) is 5.89. The van der Waals surface area contributed by atoms with Crippen molar-refractivity contribution >= 4 is 0 Å². The van der Waals surface area contributed by atoms with Crippen LogP contribution in [0, 0.1) is 0 Å². The number of unbranched alkanes of at least 4 members (excludes halogenated alkanes) is 2. The highest BCUT2D eigenvalue weighted by Crippen LogP contribution is 2.18. The smallest absolute Gasteiger partial charge is 0.117 e. The maximum Gasteiger partial charge on any atom is 0.117 e. The predicted molar refractivity (Wildman–Crippen MR) is 86.1 cm³/mol. The lowest BCUT2D eigenvalue weighted by Crippen LogP contribution is -2.46. The van der Waals surface area contributed by atoms with Gasteiger partial charge in [-0.2, -0.15) is 0 Å². The number of likely N-dealkylation sites (tertiary alicyclic amines) is 1. The quantitative estimate of drug-likeness (QED) is 0.390. The number of ether oxygens (including phenoxy) is 1. The van der Waals surface area contributed by atoms with Gasteiger partial charge in [0.15, 0.2) is 0 Å². The van der Waals surface area contributed by atoms with Gasteiger partial charge in [0, 0.05) is 12.6 Å². The zero-order valence-corrected chi connectivity index (χ0v) is 13.6. The molecule has 1 aliphatic heterocycles. The Balaban J connectivity index is 2.12. The molecule has 2 N–H and O–H groups in total. The Hall–Kier alpha value is -0.840. The molecule has 0 bridgehead atoms. The van der Waals surface area contributed by atoms with E-state index in [4.69, 9.17) is 4.74 Å². The Morgan fingerprint density at radius 3 is 2.76 bits per heavy atom. The van der Waals surface area contributed by atoms with Gasteiger partial charge in [0.25, 0.3) is 0 Å². The first-order valence-electron chi connectivity index (χ1n) is 8.06. The minimum absolute atomic E-state index is 0.128. The van der Waals surface area contributed by atoms with Gasteiger partial charge in [-0.25, -0.2) is 0 Å². The fourth-order valence-corrected chi connectivity index (χ4v) is 2.79. The Bertz CT molecular complexity index is 341. The molecule has 1 saturated heterocycles. The van der Waals surface area contributed by atoms with E-state index in [0.717, 1.165) is 56.7 Å². The second kappa shape index (κ2) is 9.98. The highest BCUT2D eigenvalue weighted by molar-refractivity contribution is 5.18. The minimum atomic E-state index is -0.242. The molecule has 0 spiro atoms. The molecule has 1 rings (SSSR count). The summed E-state index contributed by atoms with van der Waals surface area (Å²) in [5.41, 5.74) is 0.968. The van der Waals surface area contributed by atoms with Crippen molar-refractivity contribution in [2.24, 2.45) is 0 Å². The summed E-state index contributed by atoms with van der Waals surface area (Å²) >= 11 is 0. The third-order valence-electron chi connectivity index (χ3n) is 4.05. The van der Waals surface area contributed by atoms with Crippen molar-refractivity contribution in [2.75, 3.05) is 26.3 Å². The first kappa shape index (κ1) is 18.2. The summed E-state index contributed by atoms with van der Waals surface area (Å²) in [6, 6.07) is 0.128. The number of allylic oxidation sites excluding steroid dienone is 2. The van der Waals surface area contributed by atoms with E-state index in [-0.39, 0.29) is 18.8 Å². The summed E-state index contributed by atoms with van der Waals surface area (Å²) in [6.07, 6.45) is 6.48. The van der Waals surface area contributed by atoms with Crippen LogP contribution in [0.3, 0.4) is 0 Å². The number of hydrogen-bond acceptors (Lipinski definition) is 4. The molecule has 0 saturated carbocycles. The van der Waals surface area contributed by atoms with Gasteiger partial charge in [-0.05, 0) is 64.1 Å². The zero-order chi connectivity index (χ0) is 15.7. The van der Waals surface area contributed by atoms with Crippen molar-refractivity contribution in [3.8, 4) is 0 Å². The molecule has 1 heterocycles. The van der Waals surface area contributed by atoms with Gasteiger partial charge in [0.1, 0.15) is 5.76 Å². The Morgan fingerprint density at radius 1 is 1.38 bits per heavy atom. The van der Waals surface area contributed by atoms with Crippen molar-refractivity contribution in [1.82, 2.24) is 4.90 Å². The molecule has 4 nitrogen and oxygen atoms in total. The summed E-state index contributed by atoms with van der Waals surface area (Å²) in [5.74, 6) is 0.889. The van der Waals surface area contributed by atoms with E-state index in [9.17, 15) is 10.2 Å². The maximum atomic E-state index is 9.62. The van der Waals surface area contributed by atoms with Crippen LogP contribution in [0.15, 0.2) is 24.0 Å². The molecular weight excluding hydrogens is 266 g/mol.